The first-order valence-corrected chi connectivity index (χ1v) is 9.43. The SMILES string of the molecule is Oc1cc(C(F)(F)F)ccc1-c1nnc(N[C@@H]2CCCNC2)c2sccc12. The van der Waals surface area contributed by atoms with Crippen molar-refractivity contribution in [2.45, 2.75) is 25.1 Å². The Morgan fingerprint density at radius 3 is 2.78 bits per heavy atom. The normalized spacial score (nSPS) is 18.0. The topological polar surface area (TPSA) is 70.1 Å². The van der Waals surface area contributed by atoms with Crippen LogP contribution in [0.15, 0.2) is 29.6 Å². The van der Waals surface area contributed by atoms with Gasteiger partial charge in [0, 0.05) is 23.5 Å². The van der Waals surface area contributed by atoms with E-state index in [2.05, 4.69) is 20.8 Å². The van der Waals surface area contributed by atoms with Crippen molar-refractivity contribution in [2.75, 3.05) is 18.4 Å². The van der Waals surface area contributed by atoms with Crippen LogP contribution in [0.25, 0.3) is 21.3 Å². The minimum Gasteiger partial charge on any atom is -0.507 e. The van der Waals surface area contributed by atoms with Gasteiger partial charge in [0.25, 0.3) is 0 Å². The van der Waals surface area contributed by atoms with Gasteiger partial charge in [0.15, 0.2) is 5.82 Å². The number of aromatic hydroxyl groups is 1. The lowest BCUT2D eigenvalue weighted by Crippen LogP contribution is -2.38. The second-order valence-electron chi connectivity index (χ2n) is 6.48. The van der Waals surface area contributed by atoms with Gasteiger partial charge in [0.05, 0.1) is 10.3 Å². The zero-order chi connectivity index (χ0) is 19.0. The summed E-state index contributed by atoms with van der Waals surface area (Å²) in [7, 11) is 0. The van der Waals surface area contributed by atoms with Gasteiger partial charge in [-0.3, -0.25) is 0 Å². The molecule has 2 aromatic heterocycles. The number of rotatable bonds is 3. The highest BCUT2D eigenvalue weighted by Crippen LogP contribution is 2.40. The fourth-order valence-corrected chi connectivity index (χ4v) is 4.09. The van der Waals surface area contributed by atoms with Crippen molar-refractivity contribution < 1.29 is 18.3 Å². The number of halogens is 3. The molecule has 1 aliphatic heterocycles. The number of phenolic OH excluding ortho intramolecular Hbond substituents is 1. The van der Waals surface area contributed by atoms with Gasteiger partial charge in [-0.1, -0.05) is 0 Å². The molecule has 3 heterocycles. The van der Waals surface area contributed by atoms with Crippen molar-refractivity contribution in [1.29, 1.82) is 0 Å². The molecule has 0 saturated carbocycles. The molecule has 0 unspecified atom stereocenters. The molecule has 0 radical (unpaired) electrons. The van der Waals surface area contributed by atoms with Crippen LogP contribution in [0.4, 0.5) is 19.0 Å². The van der Waals surface area contributed by atoms with Crippen molar-refractivity contribution in [3.8, 4) is 17.0 Å². The van der Waals surface area contributed by atoms with Crippen LogP contribution < -0.4 is 10.6 Å². The summed E-state index contributed by atoms with van der Waals surface area (Å²) in [5.41, 5.74) is -0.309. The van der Waals surface area contributed by atoms with E-state index in [1.165, 1.54) is 17.4 Å². The molecule has 0 amide bonds. The number of nitrogens with one attached hydrogen (secondary N) is 2. The molecule has 0 aliphatic carbocycles. The minimum atomic E-state index is -4.51. The number of phenols is 1. The largest absolute Gasteiger partial charge is 0.507 e. The van der Waals surface area contributed by atoms with E-state index in [9.17, 15) is 18.3 Å². The first-order chi connectivity index (χ1) is 12.9. The van der Waals surface area contributed by atoms with Crippen LogP contribution in [-0.4, -0.2) is 34.4 Å². The Balaban J connectivity index is 1.71. The molecule has 9 heteroatoms. The number of aromatic nitrogens is 2. The molecule has 1 aliphatic rings. The molecular weight excluding hydrogens is 377 g/mol. The number of hydrogen-bond donors (Lipinski definition) is 3. The molecule has 5 nitrogen and oxygen atoms in total. The van der Waals surface area contributed by atoms with Gasteiger partial charge in [0.2, 0.25) is 0 Å². The maximum absolute atomic E-state index is 12.8. The van der Waals surface area contributed by atoms with E-state index in [1.54, 1.807) is 0 Å². The molecule has 1 saturated heterocycles. The van der Waals surface area contributed by atoms with Crippen LogP contribution in [0, 0.1) is 0 Å². The molecule has 1 atom stereocenters. The fraction of sp³-hybridized carbons (Fsp3) is 0.333. The smallest absolute Gasteiger partial charge is 0.416 e. The van der Waals surface area contributed by atoms with Gasteiger partial charge < -0.3 is 15.7 Å². The van der Waals surface area contributed by atoms with Crippen molar-refractivity contribution in [3.63, 3.8) is 0 Å². The quantitative estimate of drug-likeness (QED) is 0.620. The van der Waals surface area contributed by atoms with Gasteiger partial charge >= 0.3 is 6.18 Å². The van der Waals surface area contributed by atoms with Gasteiger partial charge in [-0.15, -0.1) is 21.5 Å². The Morgan fingerprint density at radius 1 is 1.22 bits per heavy atom. The number of anilines is 1. The number of hydrogen-bond acceptors (Lipinski definition) is 6. The van der Waals surface area contributed by atoms with Crippen molar-refractivity contribution in [2.24, 2.45) is 0 Å². The Morgan fingerprint density at radius 2 is 2.07 bits per heavy atom. The van der Waals surface area contributed by atoms with E-state index < -0.39 is 17.5 Å². The summed E-state index contributed by atoms with van der Waals surface area (Å²) < 4.78 is 39.4. The van der Waals surface area contributed by atoms with E-state index >= 15 is 0 Å². The molecule has 27 heavy (non-hydrogen) atoms. The summed E-state index contributed by atoms with van der Waals surface area (Å²) in [6.45, 7) is 1.85. The third-order valence-electron chi connectivity index (χ3n) is 4.60. The molecule has 1 fully saturated rings. The van der Waals surface area contributed by atoms with Crippen LogP contribution in [-0.2, 0) is 6.18 Å². The molecular formula is C18H17F3N4OS. The van der Waals surface area contributed by atoms with Crippen molar-refractivity contribution in [1.82, 2.24) is 15.5 Å². The monoisotopic (exact) mass is 394 g/mol. The Bertz CT molecular complexity index is 967. The highest BCUT2D eigenvalue weighted by molar-refractivity contribution is 7.17. The number of thiophene rings is 1. The van der Waals surface area contributed by atoms with E-state index in [-0.39, 0.29) is 11.6 Å². The fourth-order valence-electron chi connectivity index (χ4n) is 3.25. The average Bonchev–Trinajstić information content (AvgIpc) is 3.13. The van der Waals surface area contributed by atoms with Crippen LogP contribution in [0.1, 0.15) is 18.4 Å². The van der Waals surface area contributed by atoms with Gasteiger partial charge in [-0.25, -0.2) is 0 Å². The average molecular weight is 394 g/mol. The molecule has 4 rings (SSSR count). The summed E-state index contributed by atoms with van der Waals surface area (Å²) in [5.74, 6) is 0.188. The zero-order valence-electron chi connectivity index (χ0n) is 14.2. The molecule has 3 N–H and O–H groups in total. The molecule has 0 bridgehead atoms. The number of nitrogens with zero attached hydrogens (tertiary/aromatic N) is 2. The maximum atomic E-state index is 12.8. The van der Waals surface area contributed by atoms with E-state index in [0.29, 0.717) is 11.5 Å². The van der Waals surface area contributed by atoms with E-state index in [0.717, 1.165) is 48.2 Å². The Hall–Kier alpha value is -2.39. The second kappa shape index (κ2) is 6.97. The highest BCUT2D eigenvalue weighted by atomic mass is 32.1. The first-order valence-electron chi connectivity index (χ1n) is 8.55. The number of benzene rings is 1. The minimum absolute atomic E-state index is 0.227. The number of piperidine rings is 1. The lowest BCUT2D eigenvalue weighted by molar-refractivity contribution is -0.137. The van der Waals surface area contributed by atoms with Crippen LogP contribution in [0.2, 0.25) is 0 Å². The number of alkyl halides is 3. The summed E-state index contributed by atoms with van der Waals surface area (Å²) in [6.07, 6.45) is -2.40. The van der Waals surface area contributed by atoms with Crippen LogP contribution in [0.3, 0.4) is 0 Å². The highest BCUT2D eigenvalue weighted by Gasteiger charge is 2.31. The number of fused-ring (bicyclic) bond motifs is 1. The molecule has 1 aromatic carbocycles. The van der Waals surface area contributed by atoms with Gasteiger partial charge in [-0.2, -0.15) is 13.2 Å². The Labute approximate surface area is 157 Å². The van der Waals surface area contributed by atoms with Crippen molar-refractivity contribution >= 4 is 27.2 Å². The molecule has 142 valence electrons. The van der Waals surface area contributed by atoms with Crippen LogP contribution >= 0.6 is 11.3 Å². The predicted molar refractivity (Wildman–Crippen MR) is 99.0 cm³/mol. The lowest BCUT2D eigenvalue weighted by Gasteiger charge is -2.24. The van der Waals surface area contributed by atoms with Crippen molar-refractivity contribution in [3.05, 3.63) is 35.2 Å². The van der Waals surface area contributed by atoms with Gasteiger partial charge in [-0.05, 0) is 49.0 Å². The summed E-state index contributed by atoms with van der Waals surface area (Å²) in [4.78, 5) is 0. The lowest BCUT2D eigenvalue weighted by atomic mass is 10.0. The molecule has 3 aromatic rings. The summed E-state index contributed by atoms with van der Waals surface area (Å²) >= 11 is 1.48. The Kier molecular flexibility index (Phi) is 4.65. The first kappa shape index (κ1) is 18.0. The summed E-state index contributed by atoms with van der Waals surface area (Å²) in [5, 5.41) is 27.9. The predicted octanol–water partition coefficient (Wildman–Crippen LogP) is 4.25. The third-order valence-corrected chi connectivity index (χ3v) is 5.52. The van der Waals surface area contributed by atoms with Gasteiger partial charge in [0.1, 0.15) is 11.4 Å². The molecule has 0 spiro atoms. The second-order valence-corrected chi connectivity index (χ2v) is 7.39. The third kappa shape index (κ3) is 3.57. The van der Waals surface area contributed by atoms with E-state index in [4.69, 9.17) is 0 Å². The standard InChI is InChI=1S/C18H17F3N4OS/c19-18(20,21)10-3-4-12(14(26)8-10)15-13-5-7-27-16(13)17(25-24-15)23-11-2-1-6-22-9-11/h3-5,7-8,11,22,26H,1-2,6,9H2,(H,23,25)/t11-/m1/s1. The maximum Gasteiger partial charge on any atom is 0.416 e. The van der Waals surface area contributed by atoms with Crippen LogP contribution in [0.5, 0.6) is 5.75 Å². The summed E-state index contributed by atoms with van der Waals surface area (Å²) in [6, 6.07) is 4.98. The zero-order valence-corrected chi connectivity index (χ0v) is 15.0. The van der Waals surface area contributed by atoms with E-state index in [1.807, 2.05) is 11.4 Å².